The highest BCUT2D eigenvalue weighted by atomic mass is 16.5. The number of hydrogen-bond donors (Lipinski definition) is 3. The summed E-state index contributed by atoms with van der Waals surface area (Å²) in [5.41, 5.74) is -1.32. The number of carbonyl (C=O) groups excluding carboxylic acids is 1. The molecule has 1 aliphatic heterocycles. The first-order valence-electron chi connectivity index (χ1n) is 5.90. The lowest BCUT2D eigenvalue weighted by Crippen LogP contribution is -2.58. The zero-order chi connectivity index (χ0) is 13.8. The Balaban J connectivity index is 2.54. The molecule has 0 aromatic rings. The van der Waals surface area contributed by atoms with Crippen LogP contribution in [-0.2, 0) is 9.53 Å². The van der Waals surface area contributed by atoms with E-state index >= 15 is 0 Å². The van der Waals surface area contributed by atoms with Gasteiger partial charge >= 0.3 is 12.0 Å². The zero-order valence-corrected chi connectivity index (χ0v) is 10.7. The van der Waals surface area contributed by atoms with Crippen LogP contribution in [0, 0.1) is 0 Å². The van der Waals surface area contributed by atoms with Gasteiger partial charge in [0.15, 0.2) is 5.54 Å². The maximum absolute atomic E-state index is 11.8. The van der Waals surface area contributed by atoms with Gasteiger partial charge < -0.3 is 25.2 Å². The van der Waals surface area contributed by atoms with E-state index in [4.69, 9.17) is 14.9 Å². The first-order chi connectivity index (χ1) is 8.37. The molecule has 7 heteroatoms. The van der Waals surface area contributed by atoms with Crippen molar-refractivity contribution in [1.82, 2.24) is 10.2 Å². The molecule has 0 saturated carbocycles. The van der Waals surface area contributed by atoms with E-state index in [1.54, 1.807) is 14.0 Å². The number of amides is 2. The maximum Gasteiger partial charge on any atom is 0.332 e. The maximum atomic E-state index is 11.8. The van der Waals surface area contributed by atoms with Crippen molar-refractivity contribution in [3.8, 4) is 0 Å². The van der Waals surface area contributed by atoms with Gasteiger partial charge in [-0.15, -0.1) is 0 Å². The molecule has 2 amide bonds. The van der Waals surface area contributed by atoms with Crippen molar-refractivity contribution in [3.05, 3.63) is 0 Å². The van der Waals surface area contributed by atoms with Crippen LogP contribution in [-0.4, -0.2) is 65.6 Å². The van der Waals surface area contributed by atoms with E-state index in [-0.39, 0.29) is 13.0 Å². The SMILES string of the molecule is CC(O)CCN(C)C(=O)NC1(C(=O)O)CCOC1. The summed E-state index contributed by atoms with van der Waals surface area (Å²) in [4.78, 5) is 24.4. The van der Waals surface area contributed by atoms with Gasteiger partial charge in [0.05, 0.1) is 12.7 Å². The average Bonchev–Trinajstić information content (AvgIpc) is 2.75. The molecule has 0 bridgehead atoms. The molecule has 2 atom stereocenters. The number of rotatable bonds is 5. The molecule has 0 aromatic heterocycles. The van der Waals surface area contributed by atoms with Crippen molar-refractivity contribution in [1.29, 1.82) is 0 Å². The molecule has 1 rings (SSSR count). The summed E-state index contributed by atoms with van der Waals surface area (Å²) in [6.45, 7) is 2.30. The highest BCUT2D eigenvalue weighted by Crippen LogP contribution is 2.19. The lowest BCUT2D eigenvalue weighted by molar-refractivity contribution is -0.144. The molecule has 1 aliphatic rings. The van der Waals surface area contributed by atoms with Gasteiger partial charge in [-0.3, -0.25) is 0 Å². The van der Waals surface area contributed by atoms with Crippen LogP contribution >= 0.6 is 0 Å². The Bertz CT molecular complexity index is 313. The van der Waals surface area contributed by atoms with Gasteiger partial charge in [-0.2, -0.15) is 0 Å². The molecule has 0 radical (unpaired) electrons. The molecule has 7 nitrogen and oxygen atoms in total. The Morgan fingerprint density at radius 1 is 1.56 bits per heavy atom. The molecule has 2 unspecified atom stereocenters. The van der Waals surface area contributed by atoms with Crippen LogP contribution in [0.2, 0.25) is 0 Å². The second kappa shape index (κ2) is 6.01. The molecule has 1 heterocycles. The first kappa shape index (κ1) is 14.7. The predicted molar refractivity (Wildman–Crippen MR) is 63.3 cm³/mol. The molecule has 3 N–H and O–H groups in total. The third kappa shape index (κ3) is 3.58. The minimum Gasteiger partial charge on any atom is -0.479 e. The third-order valence-electron chi connectivity index (χ3n) is 3.01. The Labute approximate surface area is 106 Å². The lowest BCUT2D eigenvalue weighted by atomic mass is 9.99. The second-order valence-corrected chi connectivity index (χ2v) is 4.68. The van der Waals surface area contributed by atoms with E-state index < -0.39 is 23.6 Å². The number of aliphatic hydroxyl groups is 1. The Hall–Kier alpha value is -1.34. The predicted octanol–water partition coefficient (Wildman–Crippen LogP) is -0.358. The fraction of sp³-hybridized carbons (Fsp3) is 0.818. The number of aliphatic hydroxyl groups excluding tert-OH is 1. The van der Waals surface area contributed by atoms with Crippen LogP contribution < -0.4 is 5.32 Å². The number of carboxylic acids is 1. The van der Waals surface area contributed by atoms with Gasteiger partial charge in [0.1, 0.15) is 0 Å². The average molecular weight is 260 g/mol. The van der Waals surface area contributed by atoms with Gasteiger partial charge in [0, 0.05) is 26.6 Å². The normalized spacial score (nSPS) is 24.6. The fourth-order valence-electron chi connectivity index (χ4n) is 1.67. The number of ether oxygens (including phenoxy) is 1. The standard InChI is InChI=1S/C11H20N2O5/c1-8(14)3-5-13(2)10(17)12-11(9(15)16)4-6-18-7-11/h8,14H,3-7H2,1-2H3,(H,12,17)(H,15,16). The number of urea groups is 1. The highest BCUT2D eigenvalue weighted by molar-refractivity contribution is 5.86. The van der Waals surface area contributed by atoms with Crippen molar-refractivity contribution in [2.45, 2.75) is 31.4 Å². The number of nitrogens with zero attached hydrogens (tertiary/aromatic N) is 1. The van der Waals surface area contributed by atoms with E-state index in [0.717, 1.165) is 0 Å². The summed E-state index contributed by atoms with van der Waals surface area (Å²) >= 11 is 0. The third-order valence-corrected chi connectivity index (χ3v) is 3.01. The Kier molecular flexibility index (Phi) is 4.92. The molecular formula is C11H20N2O5. The molecule has 1 saturated heterocycles. The van der Waals surface area contributed by atoms with E-state index in [0.29, 0.717) is 19.6 Å². The van der Waals surface area contributed by atoms with E-state index in [1.807, 2.05) is 0 Å². The van der Waals surface area contributed by atoms with Crippen LogP contribution in [0.15, 0.2) is 0 Å². The minimum atomic E-state index is -1.32. The fourth-order valence-corrected chi connectivity index (χ4v) is 1.67. The summed E-state index contributed by atoms with van der Waals surface area (Å²) in [5.74, 6) is -1.09. The second-order valence-electron chi connectivity index (χ2n) is 4.68. The van der Waals surface area contributed by atoms with Crippen molar-refractivity contribution >= 4 is 12.0 Å². The van der Waals surface area contributed by atoms with Gasteiger partial charge in [-0.1, -0.05) is 0 Å². The van der Waals surface area contributed by atoms with Crippen molar-refractivity contribution in [2.24, 2.45) is 0 Å². The van der Waals surface area contributed by atoms with Gasteiger partial charge in [-0.25, -0.2) is 9.59 Å². The number of hydrogen-bond acceptors (Lipinski definition) is 4. The summed E-state index contributed by atoms with van der Waals surface area (Å²) in [6.07, 6.45) is 0.210. The Morgan fingerprint density at radius 3 is 2.67 bits per heavy atom. The molecule has 0 aromatic carbocycles. The first-order valence-corrected chi connectivity index (χ1v) is 5.90. The van der Waals surface area contributed by atoms with Crippen LogP contribution in [0.25, 0.3) is 0 Å². The van der Waals surface area contributed by atoms with E-state index in [2.05, 4.69) is 5.32 Å². The molecule has 0 spiro atoms. The number of carboxylic acid groups (broad SMARTS) is 1. The van der Waals surface area contributed by atoms with Crippen LogP contribution in [0.1, 0.15) is 19.8 Å². The smallest absolute Gasteiger partial charge is 0.332 e. The molecule has 18 heavy (non-hydrogen) atoms. The summed E-state index contributed by atoms with van der Waals surface area (Å²) in [7, 11) is 1.56. The van der Waals surface area contributed by atoms with Crippen molar-refractivity contribution in [2.75, 3.05) is 26.8 Å². The largest absolute Gasteiger partial charge is 0.479 e. The molecular weight excluding hydrogens is 240 g/mol. The van der Waals surface area contributed by atoms with Crippen molar-refractivity contribution in [3.63, 3.8) is 0 Å². The highest BCUT2D eigenvalue weighted by Gasteiger charge is 2.44. The van der Waals surface area contributed by atoms with Crippen LogP contribution in [0.4, 0.5) is 4.79 Å². The summed E-state index contributed by atoms with van der Waals surface area (Å²) in [5, 5.41) is 20.8. The quantitative estimate of drug-likeness (QED) is 0.627. The number of aliphatic carboxylic acids is 1. The van der Waals surface area contributed by atoms with Gasteiger partial charge in [-0.05, 0) is 13.3 Å². The number of nitrogens with one attached hydrogen (secondary N) is 1. The lowest BCUT2D eigenvalue weighted by Gasteiger charge is -2.27. The van der Waals surface area contributed by atoms with E-state index in [1.165, 1.54) is 4.90 Å². The number of carbonyl (C=O) groups is 2. The Morgan fingerprint density at radius 2 is 2.22 bits per heavy atom. The molecule has 0 aliphatic carbocycles. The zero-order valence-electron chi connectivity index (χ0n) is 10.7. The van der Waals surface area contributed by atoms with Gasteiger partial charge in [0.25, 0.3) is 0 Å². The van der Waals surface area contributed by atoms with Crippen LogP contribution in [0.5, 0.6) is 0 Å². The van der Waals surface area contributed by atoms with Gasteiger partial charge in [0.2, 0.25) is 0 Å². The van der Waals surface area contributed by atoms with E-state index in [9.17, 15) is 9.59 Å². The minimum absolute atomic E-state index is 0.0156. The summed E-state index contributed by atoms with van der Waals surface area (Å²) in [6, 6.07) is -0.469. The molecule has 104 valence electrons. The monoisotopic (exact) mass is 260 g/mol. The van der Waals surface area contributed by atoms with Crippen LogP contribution in [0.3, 0.4) is 0 Å². The summed E-state index contributed by atoms with van der Waals surface area (Å²) < 4.78 is 5.05. The van der Waals surface area contributed by atoms with Crippen molar-refractivity contribution < 1.29 is 24.5 Å². The molecule has 1 fully saturated rings. The topological polar surface area (TPSA) is 99.1 Å².